The highest BCUT2D eigenvalue weighted by Crippen LogP contribution is 2.29. The number of thioether (sulfide) groups is 1. The maximum Gasteiger partial charge on any atom is 0.471 e. The van der Waals surface area contributed by atoms with Gasteiger partial charge in [-0.1, -0.05) is 12.1 Å². The first-order valence-electron chi connectivity index (χ1n) is 6.70. The molecule has 1 aromatic heterocycles. The summed E-state index contributed by atoms with van der Waals surface area (Å²) in [5, 5.41) is 5.90. The number of amides is 1. The normalized spacial score (nSPS) is 12.9. The SMILES string of the molecule is CCC(SC)C(=O)Nc1ccc(-c2noc(C(F)(F)F)n2)cc1. The Kier molecular flexibility index (Phi) is 5.30. The molecule has 124 valence electrons. The molecule has 23 heavy (non-hydrogen) atoms. The van der Waals surface area contributed by atoms with E-state index in [-0.39, 0.29) is 17.0 Å². The molecule has 0 aliphatic carbocycles. The number of anilines is 1. The lowest BCUT2D eigenvalue weighted by Crippen LogP contribution is -2.24. The standard InChI is InChI=1S/C14H14F3N3O2S/c1-3-10(23-2)12(21)18-9-6-4-8(5-7-9)11-19-13(22-20-11)14(15,16)17/h4-7,10H,3H2,1-2H3,(H,18,21). The summed E-state index contributed by atoms with van der Waals surface area (Å²) >= 11 is 1.45. The molecule has 1 amide bonds. The fourth-order valence-electron chi connectivity index (χ4n) is 1.84. The monoisotopic (exact) mass is 345 g/mol. The third kappa shape index (κ3) is 4.25. The molecule has 1 unspecified atom stereocenters. The molecule has 2 rings (SSSR count). The summed E-state index contributed by atoms with van der Waals surface area (Å²) < 4.78 is 41.4. The smallest absolute Gasteiger partial charge is 0.329 e. The van der Waals surface area contributed by atoms with Crippen LogP contribution in [0.25, 0.3) is 11.4 Å². The summed E-state index contributed by atoms with van der Waals surface area (Å²) in [5.41, 5.74) is 0.907. The molecular weight excluding hydrogens is 331 g/mol. The van der Waals surface area contributed by atoms with Crippen LogP contribution in [0.15, 0.2) is 28.8 Å². The van der Waals surface area contributed by atoms with E-state index in [1.54, 1.807) is 12.1 Å². The highest BCUT2D eigenvalue weighted by atomic mass is 32.2. The van der Waals surface area contributed by atoms with Gasteiger partial charge in [0.25, 0.3) is 0 Å². The molecule has 1 heterocycles. The molecule has 9 heteroatoms. The number of alkyl halides is 3. The predicted octanol–water partition coefficient (Wildman–Crippen LogP) is 3.84. The number of nitrogens with zero attached hydrogens (tertiary/aromatic N) is 2. The van der Waals surface area contributed by atoms with Crippen LogP contribution in [0.2, 0.25) is 0 Å². The van der Waals surface area contributed by atoms with Crippen molar-refractivity contribution in [2.24, 2.45) is 0 Å². The topological polar surface area (TPSA) is 68.0 Å². The van der Waals surface area contributed by atoms with Crippen LogP contribution in [-0.2, 0) is 11.0 Å². The number of carbonyl (C=O) groups is 1. The minimum Gasteiger partial charge on any atom is -0.329 e. The Morgan fingerprint density at radius 2 is 2.00 bits per heavy atom. The van der Waals surface area contributed by atoms with Gasteiger partial charge < -0.3 is 9.84 Å². The highest BCUT2D eigenvalue weighted by molar-refractivity contribution is 7.99. The molecule has 0 aliphatic heterocycles. The van der Waals surface area contributed by atoms with Crippen LogP contribution < -0.4 is 5.32 Å². The summed E-state index contributed by atoms with van der Waals surface area (Å²) in [5.74, 6) is -1.67. The van der Waals surface area contributed by atoms with Gasteiger partial charge in [0.05, 0.1) is 5.25 Å². The zero-order valence-electron chi connectivity index (χ0n) is 12.3. The Labute approximate surface area is 134 Å². The van der Waals surface area contributed by atoms with Crippen molar-refractivity contribution in [2.45, 2.75) is 24.8 Å². The molecule has 5 nitrogen and oxygen atoms in total. The van der Waals surface area contributed by atoms with Crippen LogP contribution in [-0.4, -0.2) is 27.6 Å². The van der Waals surface area contributed by atoms with Crippen molar-refractivity contribution in [3.63, 3.8) is 0 Å². The number of rotatable bonds is 5. The van der Waals surface area contributed by atoms with Gasteiger partial charge >= 0.3 is 12.1 Å². The van der Waals surface area contributed by atoms with E-state index >= 15 is 0 Å². The number of aromatic nitrogens is 2. The van der Waals surface area contributed by atoms with Crippen LogP contribution in [0.1, 0.15) is 19.2 Å². The fraction of sp³-hybridized carbons (Fsp3) is 0.357. The minimum atomic E-state index is -4.67. The van der Waals surface area contributed by atoms with Crippen LogP contribution in [0.3, 0.4) is 0 Å². The Hall–Kier alpha value is -2.03. The lowest BCUT2D eigenvalue weighted by Gasteiger charge is -2.12. The van der Waals surface area contributed by atoms with Gasteiger partial charge in [-0.3, -0.25) is 4.79 Å². The zero-order valence-corrected chi connectivity index (χ0v) is 13.2. The summed E-state index contributed by atoms with van der Waals surface area (Å²) in [7, 11) is 0. The van der Waals surface area contributed by atoms with Gasteiger partial charge in [0.1, 0.15) is 0 Å². The van der Waals surface area contributed by atoms with E-state index in [0.717, 1.165) is 0 Å². The first kappa shape index (κ1) is 17.3. The Balaban J connectivity index is 2.10. The first-order chi connectivity index (χ1) is 10.8. The molecule has 0 aliphatic rings. The van der Waals surface area contributed by atoms with Crippen molar-refractivity contribution >= 4 is 23.4 Å². The third-order valence-corrected chi connectivity index (χ3v) is 4.14. The van der Waals surface area contributed by atoms with Crippen LogP contribution in [0, 0.1) is 0 Å². The average Bonchev–Trinajstić information content (AvgIpc) is 2.99. The number of nitrogens with one attached hydrogen (secondary N) is 1. The lowest BCUT2D eigenvalue weighted by molar-refractivity contribution is -0.159. The van der Waals surface area contributed by atoms with Gasteiger partial charge in [-0.15, -0.1) is 0 Å². The Morgan fingerprint density at radius 3 is 2.48 bits per heavy atom. The molecule has 1 atom stereocenters. The van der Waals surface area contributed by atoms with E-state index in [2.05, 4.69) is 20.0 Å². The van der Waals surface area contributed by atoms with Crippen molar-refractivity contribution < 1.29 is 22.5 Å². The van der Waals surface area contributed by atoms with Crippen LogP contribution in [0.4, 0.5) is 18.9 Å². The number of benzene rings is 1. The second-order valence-electron chi connectivity index (χ2n) is 4.62. The molecule has 1 aromatic carbocycles. The first-order valence-corrected chi connectivity index (χ1v) is 7.99. The van der Waals surface area contributed by atoms with Crippen LogP contribution >= 0.6 is 11.8 Å². The lowest BCUT2D eigenvalue weighted by atomic mass is 10.2. The minimum absolute atomic E-state index is 0.119. The summed E-state index contributed by atoms with van der Waals surface area (Å²) in [6, 6.07) is 6.18. The quantitative estimate of drug-likeness (QED) is 0.892. The van der Waals surface area contributed by atoms with Gasteiger partial charge in [-0.2, -0.15) is 29.9 Å². The molecule has 2 aromatic rings. The highest BCUT2D eigenvalue weighted by Gasteiger charge is 2.38. The number of halogens is 3. The molecule has 0 spiro atoms. The molecule has 0 saturated carbocycles. The third-order valence-electron chi connectivity index (χ3n) is 3.03. The molecular formula is C14H14F3N3O2S. The van der Waals surface area contributed by atoms with E-state index in [4.69, 9.17) is 0 Å². The van der Waals surface area contributed by atoms with Gasteiger partial charge in [0.15, 0.2) is 0 Å². The molecule has 1 N–H and O–H groups in total. The van der Waals surface area contributed by atoms with Crippen LogP contribution in [0.5, 0.6) is 0 Å². The van der Waals surface area contributed by atoms with E-state index in [0.29, 0.717) is 17.7 Å². The largest absolute Gasteiger partial charge is 0.471 e. The zero-order chi connectivity index (χ0) is 17.0. The van der Waals surface area contributed by atoms with Crippen molar-refractivity contribution in [3.05, 3.63) is 30.2 Å². The van der Waals surface area contributed by atoms with Gasteiger partial charge in [-0.05, 0) is 36.9 Å². The Bertz CT molecular complexity index is 667. The summed E-state index contributed by atoms with van der Waals surface area (Å²) in [6.07, 6.45) is -2.12. The van der Waals surface area contributed by atoms with E-state index in [1.807, 2.05) is 13.2 Å². The second kappa shape index (κ2) is 7.03. The molecule has 0 saturated heterocycles. The average molecular weight is 345 g/mol. The van der Waals surface area contributed by atoms with E-state index in [9.17, 15) is 18.0 Å². The fourth-order valence-corrected chi connectivity index (χ4v) is 2.45. The molecule has 0 bridgehead atoms. The van der Waals surface area contributed by atoms with E-state index in [1.165, 1.54) is 23.9 Å². The molecule has 0 fully saturated rings. The van der Waals surface area contributed by atoms with Gasteiger partial charge in [0.2, 0.25) is 11.7 Å². The van der Waals surface area contributed by atoms with Crippen molar-refractivity contribution in [1.29, 1.82) is 0 Å². The number of carbonyl (C=O) groups excluding carboxylic acids is 1. The summed E-state index contributed by atoms with van der Waals surface area (Å²) in [6.45, 7) is 1.92. The maximum atomic E-state index is 12.4. The van der Waals surface area contributed by atoms with Crippen molar-refractivity contribution in [2.75, 3.05) is 11.6 Å². The summed E-state index contributed by atoms with van der Waals surface area (Å²) in [4.78, 5) is 15.3. The Morgan fingerprint density at radius 1 is 1.35 bits per heavy atom. The molecule has 0 radical (unpaired) electrons. The van der Waals surface area contributed by atoms with Crippen molar-refractivity contribution in [1.82, 2.24) is 10.1 Å². The van der Waals surface area contributed by atoms with E-state index < -0.39 is 12.1 Å². The maximum absolute atomic E-state index is 12.4. The number of hydrogen-bond acceptors (Lipinski definition) is 5. The number of hydrogen-bond donors (Lipinski definition) is 1. The van der Waals surface area contributed by atoms with Crippen molar-refractivity contribution in [3.8, 4) is 11.4 Å². The predicted molar refractivity (Wildman–Crippen MR) is 81.0 cm³/mol. The second-order valence-corrected chi connectivity index (χ2v) is 5.66. The van der Waals surface area contributed by atoms with Gasteiger partial charge in [0, 0.05) is 11.3 Å². The van der Waals surface area contributed by atoms with Gasteiger partial charge in [-0.25, -0.2) is 0 Å².